The fourth-order valence-corrected chi connectivity index (χ4v) is 1.56. The highest BCUT2D eigenvalue weighted by Crippen LogP contribution is 2.32. The summed E-state index contributed by atoms with van der Waals surface area (Å²) >= 11 is 0. The van der Waals surface area contributed by atoms with Gasteiger partial charge in [-0.1, -0.05) is 12.6 Å². The van der Waals surface area contributed by atoms with Gasteiger partial charge in [0.2, 0.25) is 0 Å². The Hall–Kier alpha value is -2.17. The van der Waals surface area contributed by atoms with E-state index in [0.717, 1.165) is 12.1 Å². The molecular formula is C12H8F2O3. The molecule has 3 nitrogen and oxygen atoms in total. The average molecular weight is 238 g/mol. The molecule has 1 heterocycles. The van der Waals surface area contributed by atoms with Crippen molar-refractivity contribution in [1.29, 1.82) is 0 Å². The Morgan fingerprint density at radius 1 is 1.29 bits per heavy atom. The minimum absolute atomic E-state index is 0.0383. The van der Waals surface area contributed by atoms with Gasteiger partial charge in [0.1, 0.15) is 5.57 Å². The monoisotopic (exact) mass is 238 g/mol. The number of esters is 1. The van der Waals surface area contributed by atoms with Gasteiger partial charge in [-0.25, -0.2) is 13.6 Å². The Bertz CT molecular complexity index is 547. The highest BCUT2D eigenvalue weighted by molar-refractivity contribution is 6.20. The van der Waals surface area contributed by atoms with Crippen LogP contribution in [0.15, 0.2) is 36.3 Å². The number of methoxy groups -OCH3 is 1. The van der Waals surface area contributed by atoms with Gasteiger partial charge in [-0.3, -0.25) is 0 Å². The summed E-state index contributed by atoms with van der Waals surface area (Å²) in [5, 5.41) is 0. The van der Waals surface area contributed by atoms with Crippen LogP contribution in [0.25, 0.3) is 5.57 Å². The third-order valence-corrected chi connectivity index (χ3v) is 2.31. The number of carbonyl (C=O) groups is 1. The molecule has 88 valence electrons. The minimum Gasteiger partial charge on any atom is -0.492 e. The number of hydrogen-bond donors (Lipinski definition) is 0. The van der Waals surface area contributed by atoms with Crippen molar-refractivity contribution in [2.24, 2.45) is 0 Å². The summed E-state index contributed by atoms with van der Waals surface area (Å²) in [5.41, 5.74) is 0.223. The van der Waals surface area contributed by atoms with E-state index in [9.17, 15) is 13.6 Å². The highest BCUT2D eigenvalue weighted by Gasteiger charge is 2.31. The maximum absolute atomic E-state index is 13.1. The summed E-state index contributed by atoms with van der Waals surface area (Å²) in [7, 11) is 1.34. The Balaban J connectivity index is 2.58. The van der Waals surface area contributed by atoms with Gasteiger partial charge in [-0.15, -0.1) is 0 Å². The molecule has 0 aromatic heterocycles. The lowest BCUT2D eigenvalue weighted by Crippen LogP contribution is -1.99. The summed E-state index contributed by atoms with van der Waals surface area (Å²) in [6.45, 7) is 3.48. The summed E-state index contributed by atoms with van der Waals surface area (Å²) < 4.78 is 35.6. The van der Waals surface area contributed by atoms with E-state index in [0.29, 0.717) is 0 Å². The van der Waals surface area contributed by atoms with E-state index >= 15 is 0 Å². The Morgan fingerprint density at radius 3 is 2.59 bits per heavy atom. The molecule has 0 unspecified atom stereocenters. The standard InChI is InChI=1S/C12H8F2O3/c1-6-11(16-2)10(12(15)17-6)7-3-4-8(13)9(14)5-7/h3-5H,1H2,2H3. The molecule has 0 fully saturated rings. The topological polar surface area (TPSA) is 35.5 Å². The van der Waals surface area contributed by atoms with Gasteiger partial charge in [-0.2, -0.15) is 0 Å². The van der Waals surface area contributed by atoms with Crippen LogP contribution >= 0.6 is 0 Å². The minimum atomic E-state index is -1.05. The van der Waals surface area contributed by atoms with Crippen LogP contribution in [0.4, 0.5) is 8.78 Å². The van der Waals surface area contributed by atoms with Crippen molar-refractivity contribution in [1.82, 2.24) is 0 Å². The molecule has 0 spiro atoms. The second kappa shape index (κ2) is 4.01. The highest BCUT2D eigenvalue weighted by atomic mass is 19.2. The van der Waals surface area contributed by atoms with Crippen LogP contribution in [0.1, 0.15) is 5.56 Å². The van der Waals surface area contributed by atoms with Crippen molar-refractivity contribution in [2.45, 2.75) is 0 Å². The Morgan fingerprint density at radius 2 is 2.00 bits per heavy atom. The van der Waals surface area contributed by atoms with Gasteiger partial charge < -0.3 is 9.47 Å². The molecule has 0 aliphatic carbocycles. The normalized spacial score (nSPS) is 15.2. The maximum atomic E-state index is 13.1. The van der Waals surface area contributed by atoms with E-state index < -0.39 is 17.6 Å². The van der Waals surface area contributed by atoms with Crippen LogP contribution < -0.4 is 0 Å². The van der Waals surface area contributed by atoms with Crippen molar-refractivity contribution in [3.63, 3.8) is 0 Å². The second-order valence-electron chi connectivity index (χ2n) is 3.35. The van der Waals surface area contributed by atoms with E-state index in [4.69, 9.17) is 9.47 Å². The lowest BCUT2D eigenvalue weighted by Gasteiger charge is -2.03. The van der Waals surface area contributed by atoms with Gasteiger partial charge in [0, 0.05) is 0 Å². The van der Waals surface area contributed by atoms with Crippen molar-refractivity contribution in [3.8, 4) is 0 Å². The average Bonchev–Trinajstić information content (AvgIpc) is 2.57. The van der Waals surface area contributed by atoms with Crippen LogP contribution in [-0.4, -0.2) is 13.1 Å². The SMILES string of the molecule is C=C1OC(=O)C(c2ccc(F)c(F)c2)=C1OC. The first-order valence-corrected chi connectivity index (χ1v) is 4.69. The quantitative estimate of drug-likeness (QED) is 0.742. The molecule has 0 amide bonds. The molecule has 1 aliphatic heterocycles. The Kier molecular flexibility index (Phi) is 2.67. The molecule has 1 aromatic carbocycles. The van der Waals surface area contributed by atoms with Gasteiger partial charge in [-0.05, 0) is 17.7 Å². The van der Waals surface area contributed by atoms with E-state index in [1.807, 2.05) is 0 Å². The fraction of sp³-hybridized carbons (Fsp3) is 0.0833. The van der Waals surface area contributed by atoms with Crippen LogP contribution in [0.3, 0.4) is 0 Å². The first-order valence-electron chi connectivity index (χ1n) is 4.69. The summed E-state index contributed by atoms with van der Waals surface area (Å²) in [6.07, 6.45) is 0. The van der Waals surface area contributed by atoms with E-state index in [1.54, 1.807) is 0 Å². The third-order valence-electron chi connectivity index (χ3n) is 2.31. The molecule has 2 rings (SSSR count). The van der Waals surface area contributed by atoms with Crippen LogP contribution in [0.2, 0.25) is 0 Å². The number of rotatable bonds is 2. The number of ether oxygens (including phenoxy) is 2. The van der Waals surface area contributed by atoms with Crippen molar-refractivity contribution in [2.75, 3.05) is 7.11 Å². The van der Waals surface area contributed by atoms with E-state index in [-0.39, 0.29) is 22.7 Å². The molecule has 1 aliphatic rings. The van der Waals surface area contributed by atoms with Gasteiger partial charge >= 0.3 is 5.97 Å². The number of cyclic esters (lactones) is 1. The molecule has 1 aromatic rings. The number of halogens is 2. The maximum Gasteiger partial charge on any atom is 0.348 e. The van der Waals surface area contributed by atoms with Gasteiger partial charge in [0.05, 0.1) is 7.11 Å². The number of carbonyl (C=O) groups excluding carboxylic acids is 1. The molecule has 0 saturated carbocycles. The number of benzene rings is 1. The molecule has 0 radical (unpaired) electrons. The Labute approximate surface area is 96.0 Å². The summed E-state index contributed by atoms with van der Waals surface area (Å²) in [4.78, 5) is 11.5. The summed E-state index contributed by atoms with van der Waals surface area (Å²) in [6, 6.07) is 3.11. The third kappa shape index (κ3) is 1.80. The summed E-state index contributed by atoms with van der Waals surface area (Å²) in [5.74, 6) is -2.55. The van der Waals surface area contributed by atoms with Crippen LogP contribution in [0.5, 0.6) is 0 Å². The molecule has 0 atom stereocenters. The first-order chi connectivity index (χ1) is 8.04. The zero-order chi connectivity index (χ0) is 12.6. The predicted molar refractivity (Wildman–Crippen MR) is 55.5 cm³/mol. The zero-order valence-electron chi connectivity index (χ0n) is 8.92. The molecule has 0 saturated heterocycles. The van der Waals surface area contributed by atoms with E-state index in [2.05, 4.69) is 6.58 Å². The zero-order valence-corrected chi connectivity index (χ0v) is 8.92. The second-order valence-corrected chi connectivity index (χ2v) is 3.35. The molecule has 17 heavy (non-hydrogen) atoms. The molecule has 0 bridgehead atoms. The lowest BCUT2D eigenvalue weighted by atomic mass is 10.1. The van der Waals surface area contributed by atoms with Crippen LogP contribution in [-0.2, 0) is 14.3 Å². The molecule has 0 N–H and O–H groups in total. The smallest absolute Gasteiger partial charge is 0.348 e. The molecular weight excluding hydrogens is 230 g/mol. The van der Waals surface area contributed by atoms with Crippen molar-refractivity contribution < 1.29 is 23.0 Å². The van der Waals surface area contributed by atoms with Crippen LogP contribution in [0, 0.1) is 11.6 Å². The lowest BCUT2D eigenvalue weighted by molar-refractivity contribution is -0.131. The van der Waals surface area contributed by atoms with Crippen molar-refractivity contribution in [3.05, 3.63) is 53.5 Å². The van der Waals surface area contributed by atoms with E-state index in [1.165, 1.54) is 13.2 Å². The largest absolute Gasteiger partial charge is 0.492 e. The first kappa shape index (κ1) is 11.3. The number of hydrogen-bond acceptors (Lipinski definition) is 3. The van der Waals surface area contributed by atoms with Gasteiger partial charge in [0.15, 0.2) is 23.2 Å². The van der Waals surface area contributed by atoms with Gasteiger partial charge in [0.25, 0.3) is 0 Å². The van der Waals surface area contributed by atoms with Crippen molar-refractivity contribution >= 4 is 11.5 Å². The predicted octanol–water partition coefficient (Wildman–Crippen LogP) is 2.39. The molecule has 5 heteroatoms. The fourth-order valence-electron chi connectivity index (χ4n) is 1.56.